The topological polar surface area (TPSA) is 261 Å². The number of aliphatic imine (C=N–C) groups is 1. The van der Waals surface area contributed by atoms with Crippen LogP contribution >= 0.6 is 11.3 Å². The number of amides is 2. The molecule has 0 spiro atoms. The van der Waals surface area contributed by atoms with E-state index in [0.29, 0.717) is 22.0 Å². The number of nitrogen functional groups attached to an aromatic ring is 1. The van der Waals surface area contributed by atoms with Gasteiger partial charge in [-0.05, 0) is 51.1 Å². The maximum Gasteiger partial charge on any atom is 0.362 e. The number of oxime groups is 1. The number of rotatable bonds is 12. The van der Waals surface area contributed by atoms with Crippen molar-refractivity contribution in [1.82, 2.24) is 19.9 Å². The van der Waals surface area contributed by atoms with Crippen molar-refractivity contribution in [1.29, 1.82) is 0 Å². The number of carboxylic acids is 1. The summed E-state index contributed by atoms with van der Waals surface area (Å²) >= 11 is 1.02. The number of nitrogens with zero attached hydrogens (tertiary/aromatic N) is 4. The molecule has 2 saturated heterocycles. The number of thiazole rings is 1. The Morgan fingerprint density at radius 1 is 1.33 bits per heavy atom. The number of aromatic nitrogens is 1. The predicted octanol–water partition coefficient (Wildman–Crippen LogP) is -1.13. The number of hydrogen-bond donors (Lipinski definition) is 6. The van der Waals surface area contributed by atoms with E-state index in [9.17, 15) is 32.5 Å². The SMILES string of the molecule is Cc1sc(N)nc1/C(=N/O[C@@H](COc1ccc(C(N)=N[C@H]2CCNC2)cc1)C(=O)O)C(=O)N[C@@H]1C(=O)N(S(=O)(=O)O)[C@@H]1C. The van der Waals surface area contributed by atoms with Crippen LogP contribution < -0.4 is 26.8 Å². The van der Waals surface area contributed by atoms with Crippen LogP contribution in [0.2, 0.25) is 0 Å². The molecule has 0 unspecified atom stereocenters. The van der Waals surface area contributed by atoms with Crippen molar-refractivity contribution in [2.75, 3.05) is 25.4 Å². The Balaban J connectivity index is 1.46. The third kappa shape index (κ3) is 7.37. The van der Waals surface area contributed by atoms with Gasteiger partial charge in [-0.15, -0.1) is 11.3 Å². The second-order valence-electron chi connectivity index (χ2n) is 9.63. The van der Waals surface area contributed by atoms with Gasteiger partial charge in [0.25, 0.3) is 17.9 Å². The fraction of sp³-hybridized carbons (Fsp3) is 0.417. The van der Waals surface area contributed by atoms with Gasteiger partial charge < -0.3 is 36.8 Å². The molecule has 2 fully saturated rings. The lowest BCUT2D eigenvalue weighted by Gasteiger charge is -2.42. The summed E-state index contributed by atoms with van der Waals surface area (Å²) in [6.07, 6.45) is -0.788. The molecule has 4 rings (SSSR count). The lowest BCUT2D eigenvalue weighted by molar-refractivity contribution is -0.152. The fourth-order valence-corrected chi connectivity index (χ4v) is 5.89. The molecular formula is C24H30N8O9S2. The monoisotopic (exact) mass is 638 g/mol. The second kappa shape index (κ2) is 12.9. The molecule has 232 valence electrons. The highest BCUT2D eigenvalue weighted by atomic mass is 32.2. The first kappa shape index (κ1) is 31.6. The quantitative estimate of drug-likeness (QED) is 0.0529. The molecule has 2 aliphatic rings. The van der Waals surface area contributed by atoms with Crippen LogP contribution in [0.3, 0.4) is 0 Å². The molecule has 0 saturated carbocycles. The van der Waals surface area contributed by atoms with Crippen LogP contribution in [0.25, 0.3) is 0 Å². The summed E-state index contributed by atoms with van der Waals surface area (Å²) in [5, 5.41) is 19.0. The van der Waals surface area contributed by atoms with Gasteiger partial charge in [-0.2, -0.15) is 8.42 Å². The zero-order chi connectivity index (χ0) is 31.5. The first-order valence-electron chi connectivity index (χ1n) is 12.8. The van der Waals surface area contributed by atoms with E-state index in [1.54, 1.807) is 31.2 Å². The molecule has 0 aliphatic carbocycles. The summed E-state index contributed by atoms with van der Waals surface area (Å²) in [5.41, 5.74) is 11.9. The molecule has 19 heteroatoms. The number of β-lactam (4-membered cyclic amide) rings is 1. The van der Waals surface area contributed by atoms with E-state index in [1.165, 1.54) is 6.92 Å². The standard InChI is InChI=1S/C24H30N8O9S2/c1-11-17(22(34)32(11)43(37,38)39)29-21(33)19(18-12(2)42-24(26)30-18)31-41-16(23(35)36)10-40-15-5-3-13(4-6-15)20(25)28-14-7-8-27-9-14/h3-6,11,14,16-17,27H,7-10H2,1-2H3,(H2,25,28)(H2,26,30)(H,29,33)(H,35,36)(H,37,38,39)/b31-19-/t11-,14+,16+,17+/m1/s1. The molecule has 2 aliphatic heterocycles. The number of carbonyl (C=O) groups is 3. The maximum absolute atomic E-state index is 13.1. The Hall–Kier alpha value is -4.33. The van der Waals surface area contributed by atoms with E-state index in [4.69, 9.17) is 21.0 Å². The zero-order valence-corrected chi connectivity index (χ0v) is 24.6. The van der Waals surface area contributed by atoms with Crippen LogP contribution in [0.4, 0.5) is 5.13 Å². The minimum atomic E-state index is -4.82. The fourth-order valence-electron chi connectivity index (χ4n) is 4.32. The van der Waals surface area contributed by atoms with E-state index in [0.717, 1.165) is 30.8 Å². The molecule has 43 heavy (non-hydrogen) atoms. The highest BCUT2D eigenvalue weighted by Gasteiger charge is 2.51. The summed E-state index contributed by atoms with van der Waals surface area (Å²) in [6, 6.07) is 4.18. The van der Waals surface area contributed by atoms with Crippen LogP contribution in [0.1, 0.15) is 29.5 Å². The molecule has 1 aromatic carbocycles. The molecule has 2 aromatic rings. The van der Waals surface area contributed by atoms with E-state index in [2.05, 4.69) is 25.8 Å². The number of benzene rings is 1. The number of carbonyl (C=O) groups excluding carboxylic acids is 2. The summed E-state index contributed by atoms with van der Waals surface area (Å²) in [7, 11) is -4.82. The number of amidine groups is 1. The van der Waals surface area contributed by atoms with E-state index in [1.807, 2.05) is 0 Å². The number of nitrogens with two attached hydrogens (primary N) is 2. The number of aliphatic carboxylic acids is 1. The maximum atomic E-state index is 13.1. The van der Waals surface area contributed by atoms with Crippen LogP contribution in [-0.4, -0.2) is 101 Å². The Morgan fingerprint density at radius 2 is 2.02 bits per heavy atom. The van der Waals surface area contributed by atoms with Crippen molar-refractivity contribution in [2.24, 2.45) is 15.9 Å². The molecule has 2 amide bonds. The highest BCUT2D eigenvalue weighted by Crippen LogP contribution is 2.24. The molecule has 8 N–H and O–H groups in total. The van der Waals surface area contributed by atoms with E-state index in [-0.39, 0.29) is 21.2 Å². The van der Waals surface area contributed by atoms with Crippen molar-refractivity contribution in [3.63, 3.8) is 0 Å². The van der Waals surface area contributed by atoms with Crippen molar-refractivity contribution < 1.29 is 42.0 Å². The summed E-state index contributed by atoms with van der Waals surface area (Å²) in [4.78, 5) is 51.4. The molecule has 0 radical (unpaired) electrons. The Morgan fingerprint density at radius 3 is 2.56 bits per heavy atom. The Kier molecular flexibility index (Phi) is 9.48. The molecule has 4 atom stereocenters. The second-order valence-corrected chi connectivity index (χ2v) is 12.2. The Labute approximate surface area is 249 Å². The number of aryl methyl sites for hydroxylation is 1. The van der Waals surface area contributed by atoms with Crippen molar-refractivity contribution in [3.8, 4) is 5.75 Å². The lowest BCUT2D eigenvalue weighted by Crippen LogP contribution is -2.71. The van der Waals surface area contributed by atoms with Gasteiger partial charge in [-0.25, -0.2) is 14.1 Å². The molecule has 1 aromatic heterocycles. The van der Waals surface area contributed by atoms with E-state index < -0.39 is 58.6 Å². The molecular weight excluding hydrogens is 608 g/mol. The van der Waals surface area contributed by atoms with Gasteiger partial charge in [0.1, 0.15) is 29.9 Å². The summed E-state index contributed by atoms with van der Waals surface area (Å²) < 4.78 is 37.7. The van der Waals surface area contributed by atoms with Crippen LogP contribution in [-0.2, 0) is 29.5 Å². The van der Waals surface area contributed by atoms with Gasteiger partial charge in [0, 0.05) is 17.0 Å². The Bertz CT molecular complexity index is 1550. The number of anilines is 1. The molecule has 17 nitrogen and oxygen atoms in total. The smallest absolute Gasteiger partial charge is 0.362 e. The predicted molar refractivity (Wildman–Crippen MR) is 154 cm³/mol. The third-order valence-corrected chi connectivity index (χ3v) is 8.39. The summed E-state index contributed by atoms with van der Waals surface area (Å²) in [5.74, 6) is -2.89. The van der Waals surface area contributed by atoms with Crippen LogP contribution in [0, 0.1) is 6.92 Å². The van der Waals surface area contributed by atoms with Gasteiger partial charge >= 0.3 is 16.3 Å². The van der Waals surface area contributed by atoms with Crippen molar-refractivity contribution in [3.05, 3.63) is 40.4 Å². The minimum Gasteiger partial charge on any atom is -0.489 e. The van der Waals surface area contributed by atoms with E-state index >= 15 is 0 Å². The number of ether oxygens (including phenoxy) is 1. The summed E-state index contributed by atoms with van der Waals surface area (Å²) in [6.45, 7) is 3.99. The van der Waals surface area contributed by atoms with Crippen molar-refractivity contribution >= 4 is 56.1 Å². The van der Waals surface area contributed by atoms with Crippen molar-refractivity contribution in [2.45, 2.75) is 44.5 Å². The van der Waals surface area contributed by atoms with Gasteiger partial charge in [0.15, 0.2) is 10.8 Å². The lowest BCUT2D eigenvalue weighted by atomic mass is 10.0. The van der Waals surface area contributed by atoms with Crippen LogP contribution in [0.15, 0.2) is 34.4 Å². The van der Waals surface area contributed by atoms with Gasteiger partial charge in [-0.3, -0.25) is 19.1 Å². The zero-order valence-electron chi connectivity index (χ0n) is 23.0. The first-order valence-corrected chi connectivity index (χ1v) is 15.1. The first-order chi connectivity index (χ1) is 20.3. The average molecular weight is 639 g/mol. The number of carboxylic acid groups (broad SMARTS) is 1. The average Bonchev–Trinajstić information content (AvgIpc) is 3.57. The van der Waals surface area contributed by atoms with Gasteiger partial charge in [0.05, 0.1) is 12.1 Å². The molecule has 3 heterocycles. The molecule has 0 bridgehead atoms. The third-order valence-electron chi connectivity index (χ3n) is 6.58. The van der Waals surface area contributed by atoms with Gasteiger partial charge in [-0.1, -0.05) is 5.16 Å². The highest BCUT2D eigenvalue weighted by molar-refractivity contribution is 7.84. The van der Waals surface area contributed by atoms with Crippen LogP contribution in [0.5, 0.6) is 5.75 Å². The largest absolute Gasteiger partial charge is 0.489 e. The number of hydrogen-bond acceptors (Lipinski definition) is 13. The number of nitrogens with one attached hydrogen (secondary N) is 2. The van der Waals surface area contributed by atoms with Gasteiger partial charge in [0.2, 0.25) is 0 Å². The minimum absolute atomic E-state index is 0.0423. The normalized spacial score (nSPS) is 21.7.